The van der Waals surface area contributed by atoms with E-state index in [1.54, 1.807) is 60.7 Å². The van der Waals surface area contributed by atoms with Crippen LogP contribution >= 0.6 is 0 Å². The van der Waals surface area contributed by atoms with Crippen molar-refractivity contribution in [2.24, 2.45) is 23.7 Å². The van der Waals surface area contributed by atoms with E-state index in [0.29, 0.717) is 11.1 Å². The number of aliphatic carboxylic acids is 2. The van der Waals surface area contributed by atoms with Crippen LogP contribution in [0, 0.1) is 23.7 Å². The molecule has 0 amide bonds. The van der Waals surface area contributed by atoms with Crippen LogP contribution in [-0.4, -0.2) is 34.1 Å². The topological polar surface area (TPSA) is 127 Å². The van der Waals surface area contributed by atoms with Gasteiger partial charge >= 0.3 is 23.9 Å². The maximum Gasteiger partial charge on any atom is 0.311 e. The van der Waals surface area contributed by atoms with Gasteiger partial charge in [-0.15, -0.1) is 0 Å². The summed E-state index contributed by atoms with van der Waals surface area (Å²) in [4.78, 5) is 48.4. The van der Waals surface area contributed by atoms with Crippen molar-refractivity contribution in [3.8, 4) is 0 Å². The molecule has 8 heteroatoms. The molecule has 1 aliphatic carbocycles. The highest BCUT2D eigenvalue weighted by molar-refractivity contribution is 5.96. The van der Waals surface area contributed by atoms with Gasteiger partial charge in [-0.1, -0.05) is 60.7 Å². The zero-order valence-electron chi connectivity index (χ0n) is 15.8. The minimum absolute atomic E-state index is 0.119. The summed E-state index contributed by atoms with van der Waals surface area (Å²) < 4.78 is 10.4. The lowest BCUT2D eigenvalue weighted by molar-refractivity contribution is -0.197. The highest BCUT2D eigenvalue weighted by atomic mass is 16.5. The standard InChI is InChI=1S/C22H20O8/c23-19(24)15-16(20(25)26)18(22(28)30-12-14-9-5-2-6-10-14)17(15)21(27)29-11-13-7-3-1-4-8-13/h1-10,15-18H,11-12H2,(H,23,24)(H,25,26)/t15-,16+,17-,18+. The predicted octanol–water partition coefficient (Wildman–Crippen LogP) is 2.12. The van der Waals surface area contributed by atoms with Gasteiger partial charge in [0, 0.05) is 0 Å². The minimum Gasteiger partial charge on any atom is -0.481 e. The van der Waals surface area contributed by atoms with E-state index in [0.717, 1.165) is 0 Å². The molecule has 1 fully saturated rings. The monoisotopic (exact) mass is 412 g/mol. The maximum atomic E-state index is 12.6. The van der Waals surface area contributed by atoms with Crippen LogP contribution in [0.3, 0.4) is 0 Å². The lowest BCUT2D eigenvalue weighted by atomic mass is 9.56. The summed E-state index contributed by atoms with van der Waals surface area (Å²) in [5.74, 6) is -10.8. The van der Waals surface area contributed by atoms with Crippen LogP contribution in [0.2, 0.25) is 0 Å². The van der Waals surface area contributed by atoms with E-state index in [2.05, 4.69) is 0 Å². The molecule has 8 nitrogen and oxygen atoms in total. The third kappa shape index (κ3) is 4.48. The number of carboxylic acids is 2. The van der Waals surface area contributed by atoms with Crippen LogP contribution in [0.15, 0.2) is 60.7 Å². The van der Waals surface area contributed by atoms with Gasteiger partial charge in [0.15, 0.2) is 0 Å². The Morgan fingerprint density at radius 3 is 1.23 bits per heavy atom. The highest BCUT2D eigenvalue weighted by Gasteiger charge is 2.65. The number of carbonyl (C=O) groups excluding carboxylic acids is 2. The average molecular weight is 412 g/mol. The summed E-state index contributed by atoms with van der Waals surface area (Å²) in [7, 11) is 0. The van der Waals surface area contributed by atoms with Gasteiger partial charge in [0.25, 0.3) is 0 Å². The molecular formula is C22H20O8. The summed E-state index contributed by atoms with van der Waals surface area (Å²) in [5.41, 5.74) is 1.35. The summed E-state index contributed by atoms with van der Waals surface area (Å²) in [5, 5.41) is 18.9. The van der Waals surface area contributed by atoms with Crippen molar-refractivity contribution in [1.29, 1.82) is 0 Å². The van der Waals surface area contributed by atoms with Crippen molar-refractivity contribution in [3.05, 3.63) is 71.8 Å². The lowest BCUT2D eigenvalue weighted by Gasteiger charge is -2.43. The smallest absolute Gasteiger partial charge is 0.311 e. The first kappa shape index (κ1) is 21.0. The van der Waals surface area contributed by atoms with Crippen LogP contribution in [0.25, 0.3) is 0 Å². The van der Waals surface area contributed by atoms with Crippen molar-refractivity contribution in [2.45, 2.75) is 13.2 Å². The van der Waals surface area contributed by atoms with Crippen LogP contribution in [-0.2, 0) is 41.9 Å². The molecule has 0 spiro atoms. The van der Waals surface area contributed by atoms with Crippen LogP contribution in [0.5, 0.6) is 0 Å². The maximum absolute atomic E-state index is 12.6. The first-order chi connectivity index (χ1) is 14.4. The largest absolute Gasteiger partial charge is 0.481 e. The Morgan fingerprint density at radius 1 is 0.600 bits per heavy atom. The van der Waals surface area contributed by atoms with Gasteiger partial charge in [-0.2, -0.15) is 0 Å². The van der Waals surface area contributed by atoms with Gasteiger partial charge in [-0.3, -0.25) is 19.2 Å². The molecule has 0 radical (unpaired) electrons. The fraction of sp³-hybridized carbons (Fsp3) is 0.273. The number of ether oxygens (including phenoxy) is 2. The van der Waals surface area contributed by atoms with Crippen molar-refractivity contribution < 1.29 is 38.9 Å². The molecule has 156 valence electrons. The summed E-state index contributed by atoms with van der Waals surface area (Å²) in [6.45, 7) is -0.238. The van der Waals surface area contributed by atoms with E-state index in [1.165, 1.54) is 0 Å². The van der Waals surface area contributed by atoms with Gasteiger partial charge in [-0.25, -0.2) is 0 Å². The Kier molecular flexibility index (Phi) is 6.46. The molecule has 3 rings (SSSR count). The van der Waals surface area contributed by atoms with Gasteiger partial charge < -0.3 is 19.7 Å². The fourth-order valence-corrected chi connectivity index (χ4v) is 3.60. The molecule has 1 aliphatic rings. The molecule has 30 heavy (non-hydrogen) atoms. The SMILES string of the molecule is O=C(O)[C@@H]1[C@H](C(=O)O)[C@H](C(=O)OCc2ccccc2)[C@@H]1C(=O)OCc1ccccc1. The van der Waals surface area contributed by atoms with E-state index < -0.39 is 47.5 Å². The quantitative estimate of drug-likeness (QED) is 0.631. The number of esters is 2. The third-order valence-electron chi connectivity index (χ3n) is 5.11. The summed E-state index contributed by atoms with van der Waals surface area (Å²) in [6, 6.07) is 17.4. The number of carboxylic acid groups (broad SMARTS) is 2. The Bertz CT molecular complexity index is 847. The van der Waals surface area contributed by atoms with E-state index >= 15 is 0 Å². The Labute approximate surface area is 172 Å². The van der Waals surface area contributed by atoms with Crippen LogP contribution < -0.4 is 0 Å². The lowest BCUT2D eigenvalue weighted by Crippen LogP contribution is -2.60. The Hall–Kier alpha value is -3.68. The average Bonchev–Trinajstić information content (AvgIpc) is 2.71. The molecule has 0 unspecified atom stereocenters. The predicted molar refractivity (Wildman–Crippen MR) is 102 cm³/mol. The molecule has 1 saturated carbocycles. The molecule has 0 aliphatic heterocycles. The number of benzene rings is 2. The second-order valence-corrected chi connectivity index (χ2v) is 6.97. The number of rotatable bonds is 8. The fourth-order valence-electron chi connectivity index (χ4n) is 3.60. The molecule has 0 heterocycles. The van der Waals surface area contributed by atoms with Crippen molar-refractivity contribution in [1.82, 2.24) is 0 Å². The van der Waals surface area contributed by atoms with E-state index in [-0.39, 0.29) is 13.2 Å². The third-order valence-corrected chi connectivity index (χ3v) is 5.11. The van der Waals surface area contributed by atoms with E-state index in [4.69, 9.17) is 9.47 Å². The van der Waals surface area contributed by atoms with Crippen molar-refractivity contribution in [3.63, 3.8) is 0 Å². The zero-order chi connectivity index (χ0) is 21.7. The first-order valence-corrected chi connectivity index (χ1v) is 9.27. The number of carbonyl (C=O) groups is 4. The molecular weight excluding hydrogens is 392 g/mol. The highest BCUT2D eigenvalue weighted by Crippen LogP contribution is 2.48. The Morgan fingerprint density at radius 2 is 0.933 bits per heavy atom. The van der Waals surface area contributed by atoms with Crippen molar-refractivity contribution >= 4 is 23.9 Å². The zero-order valence-corrected chi connectivity index (χ0v) is 15.8. The first-order valence-electron chi connectivity index (χ1n) is 9.27. The van der Waals surface area contributed by atoms with Gasteiger partial charge in [-0.05, 0) is 11.1 Å². The molecule has 2 aromatic carbocycles. The second kappa shape index (κ2) is 9.21. The molecule has 0 aromatic heterocycles. The molecule has 0 saturated heterocycles. The van der Waals surface area contributed by atoms with E-state index in [9.17, 15) is 29.4 Å². The van der Waals surface area contributed by atoms with Gasteiger partial charge in [0.05, 0.1) is 23.7 Å². The van der Waals surface area contributed by atoms with Crippen LogP contribution in [0.1, 0.15) is 11.1 Å². The van der Waals surface area contributed by atoms with E-state index in [1.807, 2.05) is 0 Å². The number of hydrogen-bond acceptors (Lipinski definition) is 6. The van der Waals surface area contributed by atoms with Crippen molar-refractivity contribution in [2.75, 3.05) is 0 Å². The Balaban J connectivity index is 1.74. The molecule has 2 N–H and O–H groups in total. The van der Waals surface area contributed by atoms with Gasteiger partial charge in [0.2, 0.25) is 0 Å². The molecule has 2 aromatic rings. The minimum atomic E-state index is -1.57. The number of hydrogen-bond donors (Lipinski definition) is 2. The normalized spacial score (nSPS) is 22.4. The summed E-state index contributed by atoms with van der Waals surface area (Å²) >= 11 is 0. The molecule has 4 atom stereocenters. The van der Waals surface area contributed by atoms with Crippen LogP contribution in [0.4, 0.5) is 0 Å². The summed E-state index contributed by atoms with van der Waals surface area (Å²) in [6.07, 6.45) is 0. The molecule has 0 bridgehead atoms. The van der Waals surface area contributed by atoms with Gasteiger partial charge in [0.1, 0.15) is 13.2 Å². The second-order valence-electron chi connectivity index (χ2n) is 6.97.